The van der Waals surface area contributed by atoms with E-state index in [1.54, 1.807) is 12.1 Å². The highest BCUT2D eigenvalue weighted by Crippen LogP contribution is 2.36. The first kappa shape index (κ1) is 20.8. The third-order valence-electron chi connectivity index (χ3n) is 3.93. The maximum absolute atomic E-state index is 12.4. The van der Waals surface area contributed by atoms with Gasteiger partial charge in [-0.3, -0.25) is 9.59 Å². The zero-order valence-electron chi connectivity index (χ0n) is 15.8. The molecule has 0 aliphatic carbocycles. The Morgan fingerprint density at radius 2 is 1.81 bits per heavy atom. The number of benzene rings is 2. The number of hydrogen-bond donors (Lipinski definition) is 2. The summed E-state index contributed by atoms with van der Waals surface area (Å²) >= 11 is 3.37. The van der Waals surface area contributed by atoms with E-state index in [9.17, 15) is 9.59 Å². The fourth-order valence-corrected chi connectivity index (χ4v) is 3.22. The Bertz CT molecular complexity index is 832. The molecule has 2 N–H and O–H groups in total. The van der Waals surface area contributed by atoms with Crippen LogP contribution in [0, 0.1) is 13.8 Å². The number of para-hydroxylation sites is 1. The molecule has 2 aromatic carbocycles. The first-order valence-electron chi connectivity index (χ1n) is 8.52. The van der Waals surface area contributed by atoms with Crippen LogP contribution in [0.25, 0.3) is 0 Å². The van der Waals surface area contributed by atoms with Crippen molar-refractivity contribution < 1.29 is 19.1 Å². The molecule has 0 saturated carbocycles. The highest BCUT2D eigenvalue weighted by molar-refractivity contribution is 9.10. The normalized spacial score (nSPS) is 10.3. The average Bonchev–Trinajstić information content (AvgIpc) is 2.63. The maximum atomic E-state index is 12.4. The number of rotatable bonds is 7. The molecule has 0 unspecified atom stereocenters. The predicted octanol–water partition coefficient (Wildman–Crippen LogP) is 3.84. The summed E-state index contributed by atoms with van der Waals surface area (Å²) in [5.41, 5.74) is 3.07. The fourth-order valence-electron chi connectivity index (χ4n) is 2.62. The number of nitrogens with one attached hydrogen (secondary N) is 2. The fraction of sp³-hybridized carbons (Fsp3) is 0.300. The number of amides is 2. The lowest BCUT2D eigenvalue weighted by Gasteiger charge is -2.14. The molecular weight excluding hydrogens is 412 g/mol. The number of ether oxygens (including phenoxy) is 2. The summed E-state index contributed by atoms with van der Waals surface area (Å²) in [7, 11) is 1.53. The van der Waals surface area contributed by atoms with Gasteiger partial charge in [0.1, 0.15) is 0 Å². The molecule has 0 atom stereocenters. The summed E-state index contributed by atoms with van der Waals surface area (Å²) in [6.45, 7) is 5.99. The van der Waals surface area contributed by atoms with Gasteiger partial charge in [0.25, 0.3) is 5.91 Å². The Morgan fingerprint density at radius 3 is 2.41 bits per heavy atom. The number of halogens is 1. The van der Waals surface area contributed by atoms with Gasteiger partial charge in [-0.05, 0) is 60.0 Å². The van der Waals surface area contributed by atoms with E-state index in [0.717, 1.165) is 16.8 Å². The molecule has 0 aromatic heterocycles. The molecule has 2 aromatic rings. The quantitative estimate of drug-likeness (QED) is 0.693. The summed E-state index contributed by atoms with van der Waals surface area (Å²) in [6, 6.07) is 8.99. The Kier molecular flexibility index (Phi) is 7.24. The van der Waals surface area contributed by atoms with Crippen molar-refractivity contribution in [2.24, 2.45) is 0 Å². The number of hydrogen-bond acceptors (Lipinski definition) is 4. The Morgan fingerprint density at radius 1 is 1.15 bits per heavy atom. The van der Waals surface area contributed by atoms with Crippen LogP contribution in [0.5, 0.6) is 11.5 Å². The molecular formula is C20H23BrN2O4. The Labute approximate surface area is 167 Å². The third-order valence-corrected chi connectivity index (χ3v) is 4.52. The van der Waals surface area contributed by atoms with Crippen molar-refractivity contribution in [1.29, 1.82) is 0 Å². The Hall–Kier alpha value is -2.54. The highest BCUT2D eigenvalue weighted by Gasteiger charge is 2.16. The third kappa shape index (κ3) is 5.23. The van der Waals surface area contributed by atoms with Gasteiger partial charge in [0.05, 0.1) is 24.7 Å². The van der Waals surface area contributed by atoms with Gasteiger partial charge in [-0.2, -0.15) is 0 Å². The van der Waals surface area contributed by atoms with Gasteiger partial charge >= 0.3 is 0 Å². The van der Waals surface area contributed by atoms with Gasteiger partial charge in [0.2, 0.25) is 5.91 Å². The number of carbonyl (C=O) groups excluding carboxylic acids is 2. The van der Waals surface area contributed by atoms with Crippen molar-refractivity contribution in [2.45, 2.75) is 20.8 Å². The zero-order chi connectivity index (χ0) is 20.0. The summed E-state index contributed by atoms with van der Waals surface area (Å²) in [5.74, 6) is 0.301. The van der Waals surface area contributed by atoms with Crippen LogP contribution in [0.1, 0.15) is 28.4 Å². The van der Waals surface area contributed by atoms with Crippen LogP contribution in [-0.2, 0) is 4.79 Å². The van der Waals surface area contributed by atoms with Crippen molar-refractivity contribution in [3.05, 3.63) is 51.5 Å². The van der Waals surface area contributed by atoms with Crippen LogP contribution >= 0.6 is 15.9 Å². The standard InChI is InChI=1S/C20H23BrN2O4/c1-5-27-16-10-14(9-15(21)19(16)26-4)20(25)22-11-17(24)23-18-12(2)7-6-8-13(18)3/h6-10H,5,11H2,1-4H3,(H,22,25)(H,23,24). The van der Waals surface area contributed by atoms with E-state index < -0.39 is 0 Å². The summed E-state index contributed by atoms with van der Waals surface area (Å²) in [4.78, 5) is 24.6. The van der Waals surface area contributed by atoms with Crippen LogP contribution in [0.2, 0.25) is 0 Å². The molecule has 2 rings (SSSR count). The smallest absolute Gasteiger partial charge is 0.251 e. The second kappa shape index (κ2) is 9.41. The number of methoxy groups -OCH3 is 1. The SMILES string of the molecule is CCOc1cc(C(=O)NCC(=O)Nc2c(C)cccc2C)cc(Br)c1OC. The molecule has 0 heterocycles. The molecule has 0 spiro atoms. The van der Waals surface area contributed by atoms with Crippen LogP contribution < -0.4 is 20.1 Å². The minimum atomic E-state index is -0.379. The molecule has 0 saturated heterocycles. The van der Waals surface area contributed by atoms with Crippen LogP contribution in [0.3, 0.4) is 0 Å². The van der Waals surface area contributed by atoms with Crippen molar-refractivity contribution in [2.75, 3.05) is 25.6 Å². The van der Waals surface area contributed by atoms with E-state index in [1.807, 2.05) is 39.0 Å². The summed E-state index contributed by atoms with van der Waals surface area (Å²) < 4.78 is 11.4. The van der Waals surface area contributed by atoms with Crippen LogP contribution in [0.4, 0.5) is 5.69 Å². The molecule has 27 heavy (non-hydrogen) atoms. The molecule has 0 bridgehead atoms. The monoisotopic (exact) mass is 434 g/mol. The lowest BCUT2D eigenvalue weighted by Crippen LogP contribution is -2.33. The Balaban J connectivity index is 2.06. The summed E-state index contributed by atoms with van der Waals surface area (Å²) in [6.07, 6.45) is 0. The van der Waals surface area contributed by atoms with Gasteiger partial charge in [0.15, 0.2) is 11.5 Å². The van der Waals surface area contributed by atoms with Crippen molar-refractivity contribution >= 4 is 33.4 Å². The number of anilines is 1. The van der Waals surface area contributed by atoms with Crippen molar-refractivity contribution in [3.8, 4) is 11.5 Å². The number of carbonyl (C=O) groups is 2. The molecule has 6 nitrogen and oxygen atoms in total. The van der Waals surface area contributed by atoms with Crippen molar-refractivity contribution in [3.63, 3.8) is 0 Å². The van der Waals surface area contributed by atoms with Crippen LogP contribution in [0.15, 0.2) is 34.8 Å². The lowest BCUT2D eigenvalue weighted by atomic mass is 10.1. The van der Waals surface area contributed by atoms with E-state index in [-0.39, 0.29) is 18.4 Å². The van der Waals surface area contributed by atoms with Gasteiger partial charge in [-0.15, -0.1) is 0 Å². The summed E-state index contributed by atoms with van der Waals surface area (Å²) in [5, 5.41) is 5.46. The number of aryl methyl sites for hydroxylation is 2. The zero-order valence-corrected chi connectivity index (χ0v) is 17.4. The van der Waals surface area contributed by atoms with Gasteiger partial charge in [0, 0.05) is 11.3 Å². The maximum Gasteiger partial charge on any atom is 0.251 e. The molecule has 2 amide bonds. The minimum absolute atomic E-state index is 0.139. The first-order chi connectivity index (χ1) is 12.9. The van der Waals surface area contributed by atoms with Crippen molar-refractivity contribution in [1.82, 2.24) is 5.32 Å². The first-order valence-corrected chi connectivity index (χ1v) is 9.31. The minimum Gasteiger partial charge on any atom is -0.492 e. The highest BCUT2D eigenvalue weighted by atomic mass is 79.9. The van der Waals surface area contributed by atoms with E-state index in [2.05, 4.69) is 26.6 Å². The van der Waals surface area contributed by atoms with E-state index in [4.69, 9.17) is 9.47 Å². The van der Waals surface area contributed by atoms with Gasteiger partial charge in [-0.1, -0.05) is 18.2 Å². The molecule has 144 valence electrons. The molecule has 0 aliphatic rings. The lowest BCUT2D eigenvalue weighted by molar-refractivity contribution is -0.115. The molecule has 0 aliphatic heterocycles. The van der Waals surface area contributed by atoms with Crippen LogP contribution in [-0.4, -0.2) is 32.1 Å². The van der Waals surface area contributed by atoms with E-state index >= 15 is 0 Å². The molecule has 0 radical (unpaired) electrons. The molecule has 0 fully saturated rings. The average molecular weight is 435 g/mol. The van der Waals surface area contributed by atoms with Gasteiger partial charge < -0.3 is 20.1 Å². The largest absolute Gasteiger partial charge is 0.492 e. The second-order valence-electron chi connectivity index (χ2n) is 5.92. The predicted molar refractivity (Wildman–Crippen MR) is 109 cm³/mol. The second-order valence-corrected chi connectivity index (χ2v) is 6.77. The topological polar surface area (TPSA) is 76.7 Å². The van der Waals surface area contributed by atoms with E-state index in [1.165, 1.54) is 7.11 Å². The van der Waals surface area contributed by atoms with E-state index in [0.29, 0.717) is 28.1 Å². The van der Waals surface area contributed by atoms with Gasteiger partial charge in [-0.25, -0.2) is 0 Å². The molecule has 7 heteroatoms.